The average molecular weight is 348 g/mol. The zero-order valence-electron chi connectivity index (χ0n) is 12.8. The lowest BCUT2D eigenvalue weighted by Gasteiger charge is -2.08. The molecule has 3 rings (SSSR count). The van der Waals surface area contributed by atoms with Crippen molar-refractivity contribution in [2.24, 2.45) is 0 Å². The van der Waals surface area contributed by atoms with E-state index in [4.69, 9.17) is 5.11 Å². The molecule has 0 radical (unpaired) electrons. The van der Waals surface area contributed by atoms with Gasteiger partial charge in [-0.05, 0) is 24.8 Å². The van der Waals surface area contributed by atoms with Crippen LogP contribution in [0.5, 0.6) is 0 Å². The summed E-state index contributed by atoms with van der Waals surface area (Å²) in [6.45, 7) is 3.96. The van der Waals surface area contributed by atoms with Crippen LogP contribution < -0.4 is 5.56 Å². The number of thiophene rings is 2. The molecule has 1 N–H and O–H groups in total. The number of rotatable bonds is 5. The third kappa shape index (κ3) is 2.82. The second-order valence-electron chi connectivity index (χ2n) is 5.17. The van der Waals surface area contributed by atoms with E-state index in [2.05, 4.69) is 11.9 Å². The fourth-order valence-corrected chi connectivity index (χ4v) is 4.66. The van der Waals surface area contributed by atoms with Gasteiger partial charge in [-0.2, -0.15) is 0 Å². The van der Waals surface area contributed by atoms with Crippen LogP contribution in [0, 0.1) is 6.92 Å². The Morgan fingerprint density at radius 1 is 1.43 bits per heavy atom. The Morgan fingerprint density at radius 2 is 2.22 bits per heavy atom. The van der Waals surface area contributed by atoms with Crippen molar-refractivity contribution in [3.05, 3.63) is 38.6 Å². The Balaban J connectivity index is 2.28. The van der Waals surface area contributed by atoms with Gasteiger partial charge in [-0.15, -0.1) is 22.7 Å². The number of aromatic nitrogens is 2. The molecule has 0 aliphatic heterocycles. The van der Waals surface area contributed by atoms with E-state index in [0.717, 1.165) is 26.6 Å². The third-order valence-corrected chi connectivity index (χ3v) is 5.83. The van der Waals surface area contributed by atoms with Gasteiger partial charge in [0.05, 0.1) is 11.8 Å². The van der Waals surface area contributed by atoms with Crippen molar-refractivity contribution in [3.63, 3.8) is 0 Å². The highest BCUT2D eigenvalue weighted by molar-refractivity contribution is 7.20. The van der Waals surface area contributed by atoms with Crippen LogP contribution in [0.2, 0.25) is 0 Å². The molecule has 120 valence electrons. The molecule has 0 aliphatic carbocycles. The van der Waals surface area contributed by atoms with Gasteiger partial charge in [0.15, 0.2) is 0 Å². The molecule has 0 fully saturated rings. The molecule has 0 amide bonds. The minimum absolute atomic E-state index is 0.0902. The van der Waals surface area contributed by atoms with Crippen LogP contribution in [0.1, 0.15) is 24.0 Å². The lowest BCUT2D eigenvalue weighted by molar-refractivity contribution is -0.137. The molecule has 0 bridgehead atoms. The van der Waals surface area contributed by atoms with E-state index in [1.54, 1.807) is 29.6 Å². The van der Waals surface area contributed by atoms with E-state index in [-0.39, 0.29) is 18.5 Å². The number of carboxylic acids is 1. The van der Waals surface area contributed by atoms with Crippen molar-refractivity contribution in [2.45, 2.75) is 33.2 Å². The van der Waals surface area contributed by atoms with Gasteiger partial charge >= 0.3 is 5.97 Å². The van der Waals surface area contributed by atoms with Crippen molar-refractivity contribution >= 4 is 38.9 Å². The predicted molar refractivity (Wildman–Crippen MR) is 93.6 cm³/mol. The van der Waals surface area contributed by atoms with Gasteiger partial charge in [0, 0.05) is 21.9 Å². The topological polar surface area (TPSA) is 72.2 Å². The largest absolute Gasteiger partial charge is 0.481 e. The second-order valence-corrected chi connectivity index (χ2v) is 7.20. The Bertz CT molecular complexity index is 923. The lowest BCUT2D eigenvalue weighted by atomic mass is 10.1. The minimum Gasteiger partial charge on any atom is -0.481 e. The highest BCUT2D eigenvalue weighted by atomic mass is 32.1. The Hall–Kier alpha value is -1.99. The fraction of sp³-hybridized carbons (Fsp3) is 0.312. The molecule has 3 heterocycles. The molecular weight excluding hydrogens is 332 g/mol. The summed E-state index contributed by atoms with van der Waals surface area (Å²) in [6, 6.07) is 3.97. The van der Waals surface area contributed by atoms with E-state index in [0.29, 0.717) is 11.2 Å². The summed E-state index contributed by atoms with van der Waals surface area (Å²) in [4.78, 5) is 31.3. The smallest absolute Gasteiger partial charge is 0.305 e. The molecule has 5 nitrogen and oxygen atoms in total. The Kier molecular flexibility index (Phi) is 4.32. The first-order chi connectivity index (χ1) is 11.0. The Morgan fingerprint density at radius 3 is 2.83 bits per heavy atom. The zero-order valence-corrected chi connectivity index (χ0v) is 14.5. The van der Waals surface area contributed by atoms with Crippen molar-refractivity contribution < 1.29 is 9.90 Å². The quantitative estimate of drug-likeness (QED) is 0.765. The maximum atomic E-state index is 12.9. The van der Waals surface area contributed by atoms with Crippen LogP contribution in [-0.4, -0.2) is 20.6 Å². The number of hydrogen-bond acceptors (Lipinski definition) is 5. The van der Waals surface area contributed by atoms with Crippen LogP contribution in [0.15, 0.2) is 22.3 Å². The van der Waals surface area contributed by atoms with Crippen molar-refractivity contribution in [3.8, 4) is 10.4 Å². The monoisotopic (exact) mass is 348 g/mol. The van der Waals surface area contributed by atoms with Crippen LogP contribution in [-0.2, 0) is 17.8 Å². The van der Waals surface area contributed by atoms with E-state index < -0.39 is 5.97 Å². The number of carboxylic acid groups (broad SMARTS) is 1. The number of aliphatic carboxylic acids is 1. The average Bonchev–Trinajstić information content (AvgIpc) is 3.12. The summed E-state index contributed by atoms with van der Waals surface area (Å²) in [5.41, 5.74) is 0.817. The van der Waals surface area contributed by atoms with Crippen LogP contribution >= 0.6 is 22.7 Å². The SMILES string of the molecule is CCc1sc2nc(C)n(CCC(=O)O)c(=O)c2c1-c1cccs1. The van der Waals surface area contributed by atoms with Crippen molar-refractivity contribution in [2.75, 3.05) is 0 Å². The molecule has 3 aromatic heterocycles. The standard InChI is InChI=1S/C16H16N2O3S2/c1-3-10-13(11-5-4-8-22-11)14-15(23-10)17-9(2)18(16(14)21)7-6-12(19)20/h4-5,8H,3,6-7H2,1-2H3,(H,19,20). The summed E-state index contributed by atoms with van der Waals surface area (Å²) in [5, 5.41) is 11.5. The van der Waals surface area contributed by atoms with Gasteiger partial charge in [-0.3, -0.25) is 14.2 Å². The maximum absolute atomic E-state index is 12.9. The molecule has 23 heavy (non-hydrogen) atoms. The summed E-state index contributed by atoms with van der Waals surface area (Å²) in [6.07, 6.45) is 0.745. The number of carbonyl (C=O) groups is 1. The van der Waals surface area contributed by atoms with Gasteiger partial charge in [-0.1, -0.05) is 13.0 Å². The number of hydrogen-bond donors (Lipinski definition) is 1. The maximum Gasteiger partial charge on any atom is 0.305 e. The van der Waals surface area contributed by atoms with Gasteiger partial charge in [-0.25, -0.2) is 4.98 Å². The number of nitrogens with zero attached hydrogens (tertiary/aromatic N) is 2. The van der Waals surface area contributed by atoms with Crippen molar-refractivity contribution in [1.29, 1.82) is 0 Å². The Labute approximate surface area is 140 Å². The van der Waals surface area contributed by atoms with Crippen LogP contribution in [0.4, 0.5) is 0 Å². The highest BCUT2D eigenvalue weighted by Gasteiger charge is 2.20. The molecular formula is C16H16N2O3S2. The van der Waals surface area contributed by atoms with E-state index >= 15 is 0 Å². The number of fused-ring (bicyclic) bond motifs is 1. The van der Waals surface area contributed by atoms with Crippen LogP contribution in [0.25, 0.3) is 20.7 Å². The first-order valence-corrected chi connectivity index (χ1v) is 9.01. The first-order valence-electron chi connectivity index (χ1n) is 7.31. The molecule has 0 aromatic carbocycles. The normalized spacial score (nSPS) is 11.2. The summed E-state index contributed by atoms with van der Waals surface area (Å²) < 4.78 is 1.47. The molecule has 0 saturated heterocycles. The summed E-state index contributed by atoms with van der Waals surface area (Å²) >= 11 is 3.15. The third-order valence-electron chi connectivity index (χ3n) is 3.71. The molecule has 7 heteroatoms. The molecule has 0 unspecified atom stereocenters. The molecule has 0 aliphatic rings. The van der Waals surface area contributed by atoms with Gasteiger partial charge in [0.2, 0.25) is 0 Å². The fourth-order valence-electron chi connectivity index (χ4n) is 2.63. The van der Waals surface area contributed by atoms with E-state index in [1.165, 1.54) is 4.57 Å². The predicted octanol–water partition coefficient (Wildman–Crippen LogP) is 3.53. The van der Waals surface area contributed by atoms with Crippen molar-refractivity contribution in [1.82, 2.24) is 9.55 Å². The minimum atomic E-state index is -0.922. The molecule has 3 aromatic rings. The van der Waals surface area contributed by atoms with E-state index in [1.807, 2.05) is 17.5 Å². The van der Waals surface area contributed by atoms with Gasteiger partial charge in [0.1, 0.15) is 10.7 Å². The molecule has 0 saturated carbocycles. The molecule has 0 spiro atoms. The van der Waals surface area contributed by atoms with Crippen LogP contribution in [0.3, 0.4) is 0 Å². The highest BCUT2D eigenvalue weighted by Crippen LogP contribution is 2.38. The summed E-state index contributed by atoms with van der Waals surface area (Å²) in [7, 11) is 0. The zero-order chi connectivity index (χ0) is 16.6. The number of aryl methyl sites for hydroxylation is 2. The van der Waals surface area contributed by atoms with Gasteiger partial charge < -0.3 is 5.11 Å². The first kappa shape index (κ1) is 15.9. The second kappa shape index (κ2) is 6.25. The van der Waals surface area contributed by atoms with E-state index in [9.17, 15) is 9.59 Å². The summed E-state index contributed by atoms with van der Waals surface area (Å²) in [5.74, 6) is -0.361. The lowest BCUT2D eigenvalue weighted by Crippen LogP contribution is -2.24. The molecule has 0 atom stereocenters. The van der Waals surface area contributed by atoms with Gasteiger partial charge in [0.25, 0.3) is 5.56 Å².